The fourth-order valence-corrected chi connectivity index (χ4v) is 2.66. The highest BCUT2D eigenvalue weighted by molar-refractivity contribution is 5.77. The molecule has 23 heavy (non-hydrogen) atoms. The molecule has 1 amide bonds. The summed E-state index contributed by atoms with van der Waals surface area (Å²) in [4.78, 5) is 16.0. The standard InChI is InChI=1S/C19H20N2O2/c1-3-4-19(22)21-12-16-10-15-9-14(6-8-18(15)23-16)17-7-5-13(2)11-20-17/h3,5-9,11,16H,1,4,10,12H2,2H3,(H,21,22)/t16-/m0/s1. The molecule has 0 saturated carbocycles. The van der Waals surface area contributed by atoms with E-state index in [1.807, 2.05) is 31.3 Å². The summed E-state index contributed by atoms with van der Waals surface area (Å²) in [7, 11) is 0. The molecule has 1 aromatic heterocycles. The summed E-state index contributed by atoms with van der Waals surface area (Å²) < 4.78 is 5.88. The first kappa shape index (κ1) is 15.3. The molecule has 0 aliphatic carbocycles. The molecule has 4 nitrogen and oxygen atoms in total. The number of aromatic nitrogens is 1. The van der Waals surface area contributed by atoms with Gasteiger partial charge in [0.1, 0.15) is 11.9 Å². The van der Waals surface area contributed by atoms with E-state index >= 15 is 0 Å². The van der Waals surface area contributed by atoms with Crippen molar-refractivity contribution in [1.82, 2.24) is 10.3 Å². The molecular weight excluding hydrogens is 288 g/mol. The molecule has 3 rings (SSSR count). The summed E-state index contributed by atoms with van der Waals surface area (Å²) in [6, 6.07) is 10.2. The normalized spacial score (nSPS) is 15.6. The number of rotatable bonds is 5. The van der Waals surface area contributed by atoms with Crippen molar-refractivity contribution < 1.29 is 9.53 Å². The molecule has 1 atom stereocenters. The second-order valence-electron chi connectivity index (χ2n) is 5.78. The molecule has 0 spiro atoms. The number of carbonyl (C=O) groups is 1. The number of pyridine rings is 1. The van der Waals surface area contributed by atoms with Gasteiger partial charge in [0.25, 0.3) is 0 Å². The molecule has 118 valence electrons. The third-order valence-corrected chi connectivity index (χ3v) is 3.87. The van der Waals surface area contributed by atoms with Crippen molar-refractivity contribution >= 4 is 5.91 Å². The van der Waals surface area contributed by atoms with E-state index in [0.717, 1.165) is 34.6 Å². The van der Waals surface area contributed by atoms with Gasteiger partial charge in [-0.25, -0.2) is 0 Å². The number of hydrogen-bond donors (Lipinski definition) is 1. The van der Waals surface area contributed by atoms with Gasteiger partial charge in [-0.1, -0.05) is 12.1 Å². The first-order valence-electron chi connectivity index (χ1n) is 7.76. The van der Waals surface area contributed by atoms with Crippen LogP contribution in [0.4, 0.5) is 0 Å². The Hall–Kier alpha value is -2.62. The highest BCUT2D eigenvalue weighted by Gasteiger charge is 2.23. The molecule has 0 radical (unpaired) electrons. The summed E-state index contributed by atoms with van der Waals surface area (Å²) >= 11 is 0. The number of hydrogen-bond acceptors (Lipinski definition) is 3. The predicted octanol–water partition coefficient (Wildman–Crippen LogP) is 3.05. The van der Waals surface area contributed by atoms with Gasteiger partial charge in [-0.15, -0.1) is 6.58 Å². The Morgan fingerprint density at radius 2 is 2.30 bits per heavy atom. The quantitative estimate of drug-likeness (QED) is 0.864. The Morgan fingerprint density at radius 3 is 3.04 bits per heavy atom. The number of aryl methyl sites for hydroxylation is 1. The van der Waals surface area contributed by atoms with E-state index < -0.39 is 0 Å². The summed E-state index contributed by atoms with van der Waals surface area (Å²) in [5, 5.41) is 2.87. The smallest absolute Gasteiger partial charge is 0.223 e. The van der Waals surface area contributed by atoms with Crippen LogP contribution in [0.3, 0.4) is 0 Å². The Balaban J connectivity index is 1.67. The van der Waals surface area contributed by atoms with Crippen molar-refractivity contribution in [3.05, 3.63) is 60.3 Å². The van der Waals surface area contributed by atoms with Crippen LogP contribution in [0.2, 0.25) is 0 Å². The fraction of sp³-hybridized carbons (Fsp3) is 0.263. The minimum Gasteiger partial charge on any atom is -0.488 e. The average molecular weight is 308 g/mol. The molecule has 2 aromatic rings. The van der Waals surface area contributed by atoms with E-state index in [0.29, 0.717) is 13.0 Å². The zero-order chi connectivity index (χ0) is 16.2. The van der Waals surface area contributed by atoms with Crippen molar-refractivity contribution in [2.75, 3.05) is 6.54 Å². The first-order chi connectivity index (χ1) is 11.2. The monoisotopic (exact) mass is 308 g/mol. The molecular formula is C19H20N2O2. The summed E-state index contributed by atoms with van der Waals surface area (Å²) in [5.74, 6) is 0.868. The van der Waals surface area contributed by atoms with Crippen LogP contribution in [-0.4, -0.2) is 23.5 Å². The van der Waals surface area contributed by atoms with Crippen molar-refractivity contribution in [2.24, 2.45) is 0 Å². The number of fused-ring (bicyclic) bond motifs is 1. The number of carbonyl (C=O) groups excluding carboxylic acids is 1. The lowest BCUT2D eigenvalue weighted by Crippen LogP contribution is -2.34. The lowest BCUT2D eigenvalue weighted by Gasteiger charge is -2.11. The molecule has 0 fully saturated rings. The Labute approximate surface area is 136 Å². The Morgan fingerprint density at radius 1 is 1.43 bits per heavy atom. The van der Waals surface area contributed by atoms with Gasteiger partial charge in [-0.05, 0) is 42.3 Å². The van der Waals surface area contributed by atoms with Crippen LogP contribution < -0.4 is 10.1 Å². The van der Waals surface area contributed by atoms with Crippen LogP contribution in [-0.2, 0) is 11.2 Å². The van der Waals surface area contributed by atoms with Crippen molar-refractivity contribution in [3.8, 4) is 17.0 Å². The first-order valence-corrected chi connectivity index (χ1v) is 7.76. The minimum atomic E-state index is -0.0240. The summed E-state index contributed by atoms with van der Waals surface area (Å²) in [6.07, 6.45) is 4.59. The van der Waals surface area contributed by atoms with E-state index in [2.05, 4.69) is 29.0 Å². The van der Waals surface area contributed by atoms with Gasteiger partial charge in [0, 0.05) is 24.6 Å². The van der Waals surface area contributed by atoms with Gasteiger partial charge in [0.15, 0.2) is 0 Å². The number of ether oxygens (including phenoxy) is 1. The average Bonchev–Trinajstić information content (AvgIpc) is 2.96. The molecule has 1 aromatic carbocycles. The maximum Gasteiger partial charge on any atom is 0.223 e. The van der Waals surface area contributed by atoms with Gasteiger partial charge in [0.2, 0.25) is 5.91 Å². The Kier molecular flexibility index (Phi) is 4.42. The molecule has 1 N–H and O–H groups in total. The molecule has 4 heteroatoms. The van der Waals surface area contributed by atoms with Crippen LogP contribution in [0.5, 0.6) is 5.75 Å². The van der Waals surface area contributed by atoms with Gasteiger partial charge >= 0.3 is 0 Å². The van der Waals surface area contributed by atoms with Crippen LogP contribution in [0.1, 0.15) is 17.5 Å². The second kappa shape index (κ2) is 6.65. The minimum absolute atomic E-state index is 0.0139. The zero-order valence-corrected chi connectivity index (χ0v) is 13.2. The van der Waals surface area contributed by atoms with Gasteiger partial charge < -0.3 is 10.1 Å². The van der Waals surface area contributed by atoms with Gasteiger partial charge in [-0.3, -0.25) is 9.78 Å². The van der Waals surface area contributed by atoms with Gasteiger partial charge in [-0.2, -0.15) is 0 Å². The van der Waals surface area contributed by atoms with Crippen molar-refractivity contribution in [2.45, 2.75) is 25.9 Å². The van der Waals surface area contributed by atoms with E-state index in [1.165, 1.54) is 0 Å². The third-order valence-electron chi connectivity index (χ3n) is 3.87. The van der Waals surface area contributed by atoms with E-state index in [4.69, 9.17) is 4.74 Å². The Bertz CT molecular complexity index is 723. The van der Waals surface area contributed by atoms with Gasteiger partial charge in [0.05, 0.1) is 12.2 Å². The molecule has 1 aliphatic rings. The number of nitrogens with one attached hydrogen (secondary N) is 1. The van der Waals surface area contributed by atoms with Crippen LogP contribution >= 0.6 is 0 Å². The molecule has 0 unspecified atom stereocenters. The number of nitrogens with zero attached hydrogens (tertiary/aromatic N) is 1. The fourth-order valence-electron chi connectivity index (χ4n) is 2.66. The molecule has 0 bridgehead atoms. The van der Waals surface area contributed by atoms with Crippen molar-refractivity contribution in [1.29, 1.82) is 0 Å². The van der Waals surface area contributed by atoms with E-state index in [9.17, 15) is 4.79 Å². The molecule has 0 saturated heterocycles. The van der Waals surface area contributed by atoms with E-state index in [-0.39, 0.29) is 12.0 Å². The summed E-state index contributed by atoms with van der Waals surface area (Å²) in [5.41, 5.74) is 4.35. The molecule has 1 aliphatic heterocycles. The second-order valence-corrected chi connectivity index (χ2v) is 5.78. The number of amides is 1. The lowest BCUT2D eigenvalue weighted by atomic mass is 10.0. The van der Waals surface area contributed by atoms with Crippen LogP contribution in [0.15, 0.2) is 49.2 Å². The maximum absolute atomic E-state index is 11.5. The SMILES string of the molecule is C=CCC(=O)NC[C@@H]1Cc2cc(-c3ccc(C)cn3)ccc2O1. The maximum atomic E-state index is 11.5. The highest BCUT2D eigenvalue weighted by Crippen LogP contribution is 2.32. The van der Waals surface area contributed by atoms with Crippen LogP contribution in [0, 0.1) is 6.92 Å². The lowest BCUT2D eigenvalue weighted by molar-refractivity contribution is -0.120. The topological polar surface area (TPSA) is 51.2 Å². The summed E-state index contributed by atoms with van der Waals surface area (Å²) in [6.45, 7) is 6.10. The van der Waals surface area contributed by atoms with E-state index in [1.54, 1.807) is 6.08 Å². The number of benzene rings is 1. The van der Waals surface area contributed by atoms with Crippen molar-refractivity contribution in [3.63, 3.8) is 0 Å². The zero-order valence-electron chi connectivity index (χ0n) is 13.2. The highest BCUT2D eigenvalue weighted by atomic mass is 16.5. The molecule has 2 heterocycles. The largest absolute Gasteiger partial charge is 0.488 e. The third kappa shape index (κ3) is 3.59. The van der Waals surface area contributed by atoms with Crippen LogP contribution in [0.25, 0.3) is 11.3 Å². The predicted molar refractivity (Wildman–Crippen MR) is 90.4 cm³/mol.